The molecular formula is C26H31N5O4S. The number of benzene rings is 1. The number of pyridine rings is 1. The third-order valence-corrected chi connectivity index (χ3v) is 7.50. The second-order valence-electron chi connectivity index (χ2n) is 9.20. The Bertz CT molecular complexity index is 1300. The van der Waals surface area contributed by atoms with E-state index in [1.54, 1.807) is 25.3 Å². The number of hydrogen-bond donors (Lipinski definition) is 1. The first-order chi connectivity index (χ1) is 17.3. The number of sulfonamides is 1. The smallest absolute Gasteiger partial charge is 0.254 e. The monoisotopic (exact) mass is 509 g/mol. The van der Waals surface area contributed by atoms with Gasteiger partial charge in [-0.15, -0.1) is 0 Å². The van der Waals surface area contributed by atoms with Crippen LogP contribution in [0.15, 0.2) is 42.3 Å². The van der Waals surface area contributed by atoms with Crippen LogP contribution in [0, 0.1) is 11.3 Å². The third-order valence-electron chi connectivity index (χ3n) is 6.54. The molecule has 1 amide bonds. The standard InChI is InChI=1S/C26H31N5O4S/c1-4-36(33,34)29-22-7-5-6-20(14-22)23-15-21(16-27)26(28-25(23)19-8-9-19)30-11-12-31(18(2)17-30)24(32)10-13-35-3/h4-7,14-15,18-19,29H,1,8-13,17H2,2-3H3. The molecule has 1 unspecified atom stereocenters. The number of carbonyl (C=O) groups is 1. The summed E-state index contributed by atoms with van der Waals surface area (Å²) < 4.78 is 31.4. The van der Waals surface area contributed by atoms with Crippen LogP contribution in [0.2, 0.25) is 0 Å². The molecule has 1 saturated carbocycles. The highest BCUT2D eigenvalue weighted by atomic mass is 32.2. The van der Waals surface area contributed by atoms with Crippen LogP contribution in [0.1, 0.15) is 43.4 Å². The summed E-state index contributed by atoms with van der Waals surface area (Å²) in [6, 6.07) is 11.2. The molecule has 190 valence electrons. The number of methoxy groups -OCH3 is 1. The molecule has 0 bridgehead atoms. The van der Waals surface area contributed by atoms with Crippen LogP contribution < -0.4 is 9.62 Å². The van der Waals surface area contributed by atoms with E-state index in [1.165, 1.54) is 0 Å². The number of nitriles is 1. The van der Waals surface area contributed by atoms with Crippen LogP contribution in [0.25, 0.3) is 11.1 Å². The molecule has 2 fully saturated rings. The van der Waals surface area contributed by atoms with E-state index >= 15 is 0 Å². The SMILES string of the molecule is C=CS(=O)(=O)Nc1cccc(-c2cc(C#N)c(N3CCN(C(=O)CCOC)C(C)C3)nc2C2CC2)c1. The van der Waals surface area contributed by atoms with E-state index in [9.17, 15) is 18.5 Å². The molecule has 1 N–H and O–H groups in total. The van der Waals surface area contributed by atoms with Gasteiger partial charge in [-0.05, 0) is 43.5 Å². The van der Waals surface area contributed by atoms with Gasteiger partial charge in [-0.2, -0.15) is 5.26 Å². The lowest BCUT2D eigenvalue weighted by molar-refractivity contribution is -0.134. The topological polar surface area (TPSA) is 116 Å². The van der Waals surface area contributed by atoms with Gasteiger partial charge < -0.3 is 14.5 Å². The summed E-state index contributed by atoms with van der Waals surface area (Å²) in [6.07, 6.45) is 2.39. The van der Waals surface area contributed by atoms with Crippen molar-refractivity contribution in [2.24, 2.45) is 0 Å². The first-order valence-electron chi connectivity index (χ1n) is 12.0. The molecule has 4 rings (SSSR count). The zero-order chi connectivity index (χ0) is 25.9. The van der Waals surface area contributed by atoms with E-state index < -0.39 is 10.0 Å². The molecule has 2 heterocycles. The fourth-order valence-corrected chi connectivity index (χ4v) is 5.09. The van der Waals surface area contributed by atoms with Gasteiger partial charge in [-0.1, -0.05) is 18.7 Å². The Balaban J connectivity index is 1.65. The van der Waals surface area contributed by atoms with E-state index in [4.69, 9.17) is 9.72 Å². The van der Waals surface area contributed by atoms with Crippen LogP contribution in [0.4, 0.5) is 11.5 Å². The minimum Gasteiger partial charge on any atom is -0.384 e. The molecule has 9 nitrogen and oxygen atoms in total. The maximum atomic E-state index is 12.5. The van der Waals surface area contributed by atoms with E-state index in [0.29, 0.717) is 55.6 Å². The number of anilines is 2. The molecule has 1 aromatic heterocycles. The van der Waals surface area contributed by atoms with E-state index in [0.717, 1.165) is 35.1 Å². The average Bonchev–Trinajstić information content (AvgIpc) is 3.72. The number of nitrogens with zero attached hydrogens (tertiary/aromatic N) is 4. The summed E-state index contributed by atoms with van der Waals surface area (Å²) in [5.41, 5.74) is 3.41. The summed E-state index contributed by atoms with van der Waals surface area (Å²) in [5, 5.41) is 10.9. The van der Waals surface area contributed by atoms with Gasteiger partial charge in [-0.25, -0.2) is 13.4 Å². The van der Waals surface area contributed by atoms with Crippen LogP contribution in [0.3, 0.4) is 0 Å². The molecule has 2 aliphatic rings. The van der Waals surface area contributed by atoms with Gasteiger partial charge >= 0.3 is 0 Å². The average molecular weight is 510 g/mol. The van der Waals surface area contributed by atoms with Gasteiger partial charge in [0.15, 0.2) is 0 Å². The summed E-state index contributed by atoms with van der Waals surface area (Å²) in [7, 11) is -2.05. The number of amides is 1. The highest BCUT2D eigenvalue weighted by molar-refractivity contribution is 7.95. The highest BCUT2D eigenvalue weighted by Crippen LogP contribution is 2.45. The number of aromatic nitrogens is 1. The summed E-state index contributed by atoms with van der Waals surface area (Å²) in [6.45, 7) is 7.48. The van der Waals surface area contributed by atoms with Gasteiger partial charge in [-0.3, -0.25) is 9.52 Å². The molecule has 1 saturated heterocycles. The predicted octanol–water partition coefficient (Wildman–Crippen LogP) is 3.46. The molecular weight excluding hydrogens is 478 g/mol. The van der Waals surface area contributed by atoms with Crippen molar-refractivity contribution in [3.05, 3.63) is 53.6 Å². The Labute approximate surface area is 212 Å². The number of piperazine rings is 1. The number of hydrogen-bond acceptors (Lipinski definition) is 7. The fraction of sp³-hybridized carbons (Fsp3) is 0.423. The zero-order valence-corrected chi connectivity index (χ0v) is 21.4. The molecule has 2 aromatic rings. The van der Waals surface area contributed by atoms with Gasteiger partial charge in [0, 0.05) is 55.4 Å². The van der Waals surface area contributed by atoms with E-state index in [1.807, 2.05) is 24.0 Å². The van der Waals surface area contributed by atoms with Crippen LogP contribution in [-0.2, 0) is 19.6 Å². The number of rotatable bonds is 9. The van der Waals surface area contributed by atoms with Crippen molar-refractivity contribution in [2.75, 3.05) is 43.0 Å². The fourth-order valence-electron chi connectivity index (χ4n) is 4.55. The Hall–Kier alpha value is -3.42. The maximum Gasteiger partial charge on any atom is 0.254 e. The van der Waals surface area contributed by atoms with Crippen LogP contribution in [-0.4, -0.2) is 63.6 Å². The van der Waals surface area contributed by atoms with Crippen molar-refractivity contribution in [3.8, 4) is 17.2 Å². The number of carbonyl (C=O) groups excluding carboxylic acids is 1. The van der Waals surface area contributed by atoms with Gasteiger partial charge in [0.2, 0.25) is 5.91 Å². The molecule has 10 heteroatoms. The summed E-state index contributed by atoms with van der Waals surface area (Å²) >= 11 is 0. The normalized spacial score (nSPS) is 18.0. The summed E-state index contributed by atoms with van der Waals surface area (Å²) in [4.78, 5) is 21.5. The second-order valence-corrected chi connectivity index (χ2v) is 10.8. The Morgan fingerprint density at radius 1 is 1.33 bits per heavy atom. The minimum atomic E-state index is -3.64. The zero-order valence-electron chi connectivity index (χ0n) is 20.6. The van der Waals surface area contributed by atoms with Crippen molar-refractivity contribution in [3.63, 3.8) is 0 Å². The lowest BCUT2D eigenvalue weighted by Crippen LogP contribution is -2.54. The molecule has 0 radical (unpaired) electrons. The predicted molar refractivity (Wildman–Crippen MR) is 139 cm³/mol. The molecule has 1 aliphatic heterocycles. The first-order valence-corrected chi connectivity index (χ1v) is 13.5. The number of nitrogens with one attached hydrogen (secondary N) is 1. The van der Waals surface area contributed by atoms with Gasteiger partial charge in [0.25, 0.3) is 10.0 Å². The Kier molecular flexibility index (Phi) is 7.62. The first kappa shape index (κ1) is 25.7. The minimum absolute atomic E-state index is 0.0185. The van der Waals surface area contributed by atoms with Crippen molar-refractivity contribution in [1.82, 2.24) is 9.88 Å². The maximum absolute atomic E-state index is 12.5. The van der Waals surface area contributed by atoms with E-state index in [-0.39, 0.29) is 11.9 Å². The highest BCUT2D eigenvalue weighted by Gasteiger charge is 2.33. The van der Waals surface area contributed by atoms with Crippen molar-refractivity contribution < 1.29 is 17.9 Å². The van der Waals surface area contributed by atoms with Crippen molar-refractivity contribution in [2.45, 2.75) is 38.1 Å². The van der Waals surface area contributed by atoms with Crippen LogP contribution >= 0.6 is 0 Å². The third kappa shape index (κ3) is 5.69. The molecule has 1 aromatic carbocycles. The molecule has 1 aliphatic carbocycles. The van der Waals surface area contributed by atoms with Crippen molar-refractivity contribution in [1.29, 1.82) is 5.26 Å². The van der Waals surface area contributed by atoms with Crippen molar-refractivity contribution >= 4 is 27.4 Å². The molecule has 0 spiro atoms. The van der Waals surface area contributed by atoms with Crippen LogP contribution in [0.5, 0.6) is 0 Å². The molecule has 1 atom stereocenters. The Morgan fingerprint density at radius 2 is 2.11 bits per heavy atom. The summed E-state index contributed by atoms with van der Waals surface area (Å²) in [5.74, 6) is 1.01. The quantitative estimate of drug-likeness (QED) is 0.550. The Morgan fingerprint density at radius 3 is 2.75 bits per heavy atom. The van der Waals surface area contributed by atoms with Gasteiger partial charge in [0.1, 0.15) is 11.9 Å². The lowest BCUT2D eigenvalue weighted by Gasteiger charge is -2.41. The number of ether oxygens (including phenoxy) is 1. The molecule has 36 heavy (non-hydrogen) atoms. The van der Waals surface area contributed by atoms with Gasteiger partial charge in [0.05, 0.1) is 24.3 Å². The lowest BCUT2D eigenvalue weighted by atomic mass is 9.98. The second kappa shape index (κ2) is 10.7. The largest absolute Gasteiger partial charge is 0.384 e. The van der Waals surface area contributed by atoms with E-state index in [2.05, 4.69) is 22.3 Å².